The van der Waals surface area contributed by atoms with Crippen LogP contribution in [0.25, 0.3) is 0 Å². The van der Waals surface area contributed by atoms with Crippen molar-refractivity contribution in [2.45, 2.75) is 32.7 Å². The molecular formula is C12H23NO2. The summed E-state index contributed by atoms with van der Waals surface area (Å²) in [7, 11) is 0. The van der Waals surface area contributed by atoms with E-state index in [1.54, 1.807) is 0 Å². The largest absolute Gasteiger partial charge is 0.395 e. The molecule has 1 N–H and O–H groups in total. The highest BCUT2D eigenvalue weighted by molar-refractivity contribution is 4.98. The molecule has 0 amide bonds. The van der Waals surface area contributed by atoms with Crippen LogP contribution < -0.4 is 0 Å². The summed E-state index contributed by atoms with van der Waals surface area (Å²) in [6, 6.07) is 0.360. The first-order chi connectivity index (χ1) is 7.17. The summed E-state index contributed by atoms with van der Waals surface area (Å²) in [6.45, 7) is 8.87. The second-order valence-electron chi connectivity index (χ2n) is 5.51. The van der Waals surface area contributed by atoms with E-state index < -0.39 is 0 Å². The highest BCUT2D eigenvalue weighted by atomic mass is 16.5. The summed E-state index contributed by atoms with van der Waals surface area (Å²) in [5, 5.41) is 9.35. The highest BCUT2D eigenvalue weighted by Crippen LogP contribution is 2.41. The zero-order valence-corrected chi connectivity index (χ0v) is 9.91. The van der Waals surface area contributed by atoms with Crippen LogP contribution in [0.4, 0.5) is 0 Å². The van der Waals surface area contributed by atoms with Gasteiger partial charge in [-0.3, -0.25) is 4.90 Å². The van der Waals surface area contributed by atoms with E-state index in [9.17, 15) is 5.11 Å². The number of likely N-dealkylation sites (tertiary alicyclic amines) is 1. The minimum Gasteiger partial charge on any atom is -0.395 e. The fourth-order valence-electron chi connectivity index (χ4n) is 2.92. The Labute approximate surface area is 92.4 Å². The van der Waals surface area contributed by atoms with Gasteiger partial charge in [-0.1, -0.05) is 13.8 Å². The molecule has 3 nitrogen and oxygen atoms in total. The van der Waals surface area contributed by atoms with Gasteiger partial charge in [0.05, 0.1) is 6.61 Å². The van der Waals surface area contributed by atoms with Gasteiger partial charge in [-0.15, -0.1) is 0 Å². The summed E-state index contributed by atoms with van der Waals surface area (Å²) in [4.78, 5) is 2.44. The van der Waals surface area contributed by atoms with Crippen LogP contribution in [0.2, 0.25) is 0 Å². The molecule has 2 saturated heterocycles. The van der Waals surface area contributed by atoms with E-state index in [1.165, 1.54) is 25.9 Å². The number of ether oxygens (including phenoxy) is 1. The monoisotopic (exact) mass is 213 g/mol. The van der Waals surface area contributed by atoms with Crippen molar-refractivity contribution in [1.82, 2.24) is 4.90 Å². The third kappa shape index (κ3) is 2.19. The van der Waals surface area contributed by atoms with Crippen LogP contribution in [0.15, 0.2) is 0 Å². The first-order valence-electron chi connectivity index (χ1n) is 6.09. The highest BCUT2D eigenvalue weighted by Gasteiger charge is 2.46. The van der Waals surface area contributed by atoms with Gasteiger partial charge < -0.3 is 9.84 Å². The van der Waals surface area contributed by atoms with Gasteiger partial charge >= 0.3 is 0 Å². The number of hydrogen-bond donors (Lipinski definition) is 1. The lowest BCUT2D eigenvalue weighted by Crippen LogP contribution is -2.63. The van der Waals surface area contributed by atoms with Crippen molar-refractivity contribution in [3.05, 3.63) is 0 Å². The van der Waals surface area contributed by atoms with Gasteiger partial charge in [-0.2, -0.15) is 0 Å². The van der Waals surface area contributed by atoms with Crippen molar-refractivity contribution in [1.29, 1.82) is 0 Å². The first-order valence-corrected chi connectivity index (χ1v) is 6.09. The molecule has 1 unspecified atom stereocenters. The normalized spacial score (nSPS) is 28.0. The Morgan fingerprint density at radius 3 is 2.33 bits per heavy atom. The van der Waals surface area contributed by atoms with E-state index in [0.29, 0.717) is 24.0 Å². The average Bonchev–Trinajstić information content (AvgIpc) is 2.17. The maximum Gasteiger partial charge on any atom is 0.0589 e. The molecule has 1 atom stereocenters. The van der Waals surface area contributed by atoms with Gasteiger partial charge in [0.1, 0.15) is 0 Å². The zero-order chi connectivity index (χ0) is 10.9. The number of aliphatic hydroxyl groups is 1. The van der Waals surface area contributed by atoms with Crippen LogP contribution in [-0.4, -0.2) is 49.0 Å². The van der Waals surface area contributed by atoms with Crippen molar-refractivity contribution in [3.8, 4) is 0 Å². The molecule has 0 aromatic carbocycles. The lowest BCUT2D eigenvalue weighted by Gasteiger charge is -2.55. The predicted molar refractivity (Wildman–Crippen MR) is 59.8 cm³/mol. The predicted octanol–water partition coefficient (Wildman–Crippen LogP) is 1.12. The fraction of sp³-hybridized carbons (Fsp3) is 1.00. The van der Waals surface area contributed by atoms with Gasteiger partial charge in [0.25, 0.3) is 0 Å². The summed E-state index contributed by atoms with van der Waals surface area (Å²) < 4.78 is 5.40. The quantitative estimate of drug-likeness (QED) is 0.762. The summed E-state index contributed by atoms with van der Waals surface area (Å²) >= 11 is 0. The van der Waals surface area contributed by atoms with E-state index in [2.05, 4.69) is 18.7 Å². The Morgan fingerprint density at radius 2 is 1.87 bits per heavy atom. The molecule has 0 aromatic rings. The second kappa shape index (κ2) is 4.40. The van der Waals surface area contributed by atoms with Crippen LogP contribution in [0.1, 0.15) is 26.7 Å². The average molecular weight is 213 g/mol. The molecule has 15 heavy (non-hydrogen) atoms. The molecule has 2 heterocycles. The standard InChI is InChI=1S/C12H23NO2/c1-10(2)11(7-14)13-8-12(9-13)3-5-15-6-4-12/h10-11,14H,3-9H2,1-2H3. The van der Waals surface area contributed by atoms with Crippen LogP contribution in [0.5, 0.6) is 0 Å². The molecule has 2 fully saturated rings. The van der Waals surface area contributed by atoms with E-state index in [4.69, 9.17) is 4.74 Å². The minimum absolute atomic E-state index is 0.296. The summed E-state index contributed by atoms with van der Waals surface area (Å²) in [5.41, 5.74) is 0.528. The lowest BCUT2D eigenvalue weighted by atomic mass is 9.72. The van der Waals surface area contributed by atoms with Crippen molar-refractivity contribution in [2.75, 3.05) is 32.9 Å². The lowest BCUT2D eigenvalue weighted by molar-refractivity contribution is -0.111. The van der Waals surface area contributed by atoms with Crippen molar-refractivity contribution in [3.63, 3.8) is 0 Å². The zero-order valence-electron chi connectivity index (χ0n) is 9.91. The number of rotatable bonds is 3. The van der Waals surface area contributed by atoms with Gasteiger partial charge in [0.2, 0.25) is 0 Å². The Morgan fingerprint density at radius 1 is 1.27 bits per heavy atom. The Bertz CT molecular complexity index is 204. The van der Waals surface area contributed by atoms with E-state index >= 15 is 0 Å². The number of hydrogen-bond acceptors (Lipinski definition) is 3. The molecule has 0 radical (unpaired) electrons. The fourth-order valence-corrected chi connectivity index (χ4v) is 2.92. The van der Waals surface area contributed by atoms with Gasteiger partial charge in [0, 0.05) is 37.8 Å². The van der Waals surface area contributed by atoms with Gasteiger partial charge in [0.15, 0.2) is 0 Å². The minimum atomic E-state index is 0.296. The van der Waals surface area contributed by atoms with Gasteiger partial charge in [-0.25, -0.2) is 0 Å². The maximum atomic E-state index is 9.35. The number of nitrogens with zero attached hydrogens (tertiary/aromatic N) is 1. The van der Waals surface area contributed by atoms with E-state index in [-0.39, 0.29) is 0 Å². The molecule has 0 aliphatic carbocycles. The van der Waals surface area contributed by atoms with Crippen molar-refractivity contribution < 1.29 is 9.84 Å². The van der Waals surface area contributed by atoms with Crippen LogP contribution in [0, 0.1) is 11.3 Å². The molecule has 1 spiro atoms. The second-order valence-corrected chi connectivity index (χ2v) is 5.51. The van der Waals surface area contributed by atoms with Crippen LogP contribution in [0.3, 0.4) is 0 Å². The van der Waals surface area contributed by atoms with Crippen LogP contribution >= 0.6 is 0 Å². The van der Waals surface area contributed by atoms with Crippen LogP contribution in [-0.2, 0) is 4.74 Å². The third-order valence-corrected chi connectivity index (χ3v) is 4.06. The van der Waals surface area contributed by atoms with Gasteiger partial charge in [-0.05, 0) is 18.8 Å². The summed E-state index contributed by atoms with van der Waals surface area (Å²) in [5.74, 6) is 0.548. The molecule has 2 aliphatic rings. The number of aliphatic hydroxyl groups excluding tert-OH is 1. The van der Waals surface area contributed by atoms with E-state index in [0.717, 1.165) is 13.2 Å². The maximum absolute atomic E-state index is 9.35. The topological polar surface area (TPSA) is 32.7 Å². The molecule has 3 heteroatoms. The molecule has 0 aromatic heterocycles. The Balaban J connectivity index is 1.85. The third-order valence-electron chi connectivity index (χ3n) is 4.06. The Kier molecular flexibility index (Phi) is 3.33. The molecule has 2 rings (SSSR count). The SMILES string of the molecule is CC(C)C(CO)N1CC2(CCOCC2)C1. The molecule has 88 valence electrons. The Hall–Kier alpha value is -0.120. The summed E-state index contributed by atoms with van der Waals surface area (Å²) in [6.07, 6.45) is 2.42. The van der Waals surface area contributed by atoms with Crippen molar-refractivity contribution >= 4 is 0 Å². The molecule has 0 saturated carbocycles. The van der Waals surface area contributed by atoms with E-state index in [1.807, 2.05) is 0 Å². The molecule has 2 aliphatic heterocycles. The first kappa shape index (κ1) is 11.4. The van der Waals surface area contributed by atoms with Crippen molar-refractivity contribution in [2.24, 2.45) is 11.3 Å². The molecule has 0 bridgehead atoms. The molecular weight excluding hydrogens is 190 g/mol. The smallest absolute Gasteiger partial charge is 0.0589 e.